The number of hydrogen-bond acceptors (Lipinski definition) is 0. The highest BCUT2D eigenvalue weighted by Crippen LogP contribution is 2.49. The molecule has 1 heteroatoms. The summed E-state index contributed by atoms with van der Waals surface area (Å²) in [6, 6.07) is 18.2. The Morgan fingerprint density at radius 3 is 1.82 bits per heavy atom. The lowest BCUT2D eigenvalue weighted by molar-refractivity contribution is 0.548. The topological polar surface area (TPSA) is 0 Å². The summed E-state index contributed by atoms with van der Waals surface area (Å²) < 4.78 is 0. The molecular weight excluding hydrogens is 280 g/mol. The van der Waals surface area contributed by atoms with Gasteiger partial charge in [0, 0.05) is 15.3 Å². The molecule has 1 aliphatic rings. The second-order valence-corrected chi connectivity index (χ2v) is 8.65. The Bertz CT molecular complexity index is 584. The average molecular weight is 309 g/mol. The Morgan fingerprint density at radius 2 is 1.23 bits per heavy atom. The third-order valence-corrected chi connectivity index (χ3v) is 6.94. The van der Waals surface area contributed by atoms with E-state index < -0.39 is 0 Å². The second-order valence-electron chi connectivity index (χ2n) is 6.94. The molecule has 0 N–H and O–H groups in total. The van der Waals surface area contributed by atoms with E-state index in [1.54, 1.807) is 11.1 Å². The van der Waals surface area contributed by atoms with Crippen molar-refractivity contribution in [2.45, 2.75) is 56.9 Å². The first-order valence-corrected chi connectivity index (χ1v) is 9.97. The molecule has 0 atom stereocenters. The molecule has 0 aromatic heterocycles. The van der Waals surface area contributed by atoms with Crippen molar-refractivity contribution in [2.24, 2.45) is 0 Å². The lowest BCUT2D eigenvalue weighted by Gasteiger charge is -2.27. The van der Waals surface area contributed by atoms with E-state index in [1.807, 2.05) is 0 Å². The molecule has 3 rings (SSSR count). The average Bonchev–Trinajstić information content (AvgIpc) is 2.82. The third kappa shape index (κ3) is 2.79. The van der Waals surface area contributed by atoms with Crippen LogP contribution in [0.25, 0.3) is 11.1 Å². The molecule has 0 nitrogen and oxygen atoms in total. The minimum atomic E-state index is 0.345. The van der Waals surface area contributed by atoms with Gasteiger partial charge in [0.2, 0.25) is 0 Å². The van der Waals surface area contributed by atoms with E-state index >= 15 is 0 Å². The van der Waals surface area contributed by atoms with E-state index in [-0.39, 0.29) is 0 Å². The highest BCUT2D eigenvalue weighted by molar-refractivity contribution is 6.21. The lowest BCUT2D eigenvalue weighted by Crippen LogP contribution is -2.25. The summed E-state index contributed by atoms with van der Waals surface area (Å²) in [5.41, 5.74) is 6.16. The summed E-state index contributed by atoms with van der Waals surface area (Å²) in [7, 11) is 1.21. The van der Waals surface area contributed by atoms with Crippen LogP contribution in [0, 0.1) is 0 Å². The summed E-state index contributed by atoms with van der Waals surface area (Å²) >= 11 is 0. The minimum absolute atomic E-state index is 0.345. The van der Waals surface area contributed by atoms with Gasteiger partial charge in [-0.1, -0.05) is 94.0 Å². The molecule has 0 saturated heterocycles. The molecular formula is C21H28Si. The zero-order valence-electron chi connectivity index (χ0n) is 14.1. The van der Waals surface area contributed by atoms with E-state index in [0.29, 0.717) is 5.04 Å². The molecule has 0 fully saturated rings. The monoisotopic (exact) mass is 308 g/mol. The van der Waals surface area contributed by atoms with Gasteiger partial charge in [0.15, 0.2) is 0 Å². The van der Waals surface area contributed by atoms with Crippen molar-refractivity contribution < 1.29 is 0 Å². The number of unbranched alkanes of at least 4 members (excludes halogenated alkanes) is 5. The van der Waals surface area contributed by atoms with Gasteiger partial charge in [-0.3, -0.25) is 0 Å². The maximum absolute atomic E-state index is 2.37. The van der Waals surface area contributed by atoms with Gasteiger partial charge in [-0.15, -0.1) is 0 Å². The molecule has 0 aliphatic heterocycles. The van der Waals surface area contributed by atoms with E-state index in [2.05, 4.69) is 55.5 Å². The summed E-state index contributed by atoms with van der Waals surface area (Å²) in [5, 5.41) is 0.345. The van der Waals surface area contributed by atoms with Crippen LogP contribution in [0.4, 0.5) is 0 Å². The summed E-state index contributed by atoms with van der Waals surface area (Å²) in [5.74, 6) is 0. The minimum Gasteiger partial charge on any atom is -0.0654 e. The predicted octanol–water partition coefficient (Wildman–Crippen LogP) is 5.03. The predicted molar refractivity (Wildman–Crippen MR) is 101 cm³/mol. The first kappa shape index (κ1) is 15.5. The molecule has 22 heavy (non-hydrogen) atoms. The Kier molecular flexibility index (Phi) is 4.83. The van der Waals surface area contributed by atoms with Crippen molar-refractivity contribution in [1.82, 2.24) is 0 Å². The van der Waals surface area contributed by atoms with Crippen molar-refractivity contribution >= 4 is 10.2 Å². The first-order valence-electron chi connectivity index (χ1n) is 8.97. The Labute approximate surface area is 138 Å². The smallest absolute Gasteiger partial charge is 0.0218 e. The fourth-order valence-corrected chi connectivity index (χ4v) is 5.30. The van der Waals surface area contributed by atoms with Gasteiger partial charge < -0.3 is 0 Å². The molecule has 0 amide bonds. The molecule has 1 aliphatic carbocycles. The van der Waals surface area contributed by atoms with Crippen LogP contribution in [-0.4, -0.2) is 10.2 Å². The van der Waals surface area contributed by atoms with Crippen LogP contribution in [0.3, 0.4) is 0 Å². The van der Waals surface area contributed by atoms with Crippen molar-refractivity contribution in [1.29, 1.82) is 0 Å². The van der Waals surface area contributed by atoms with Crippen LogP contribution >= 0.6 is 0 Å². The molecule has 0 unspecified atom stereocenters. The molecule has 0 spiro atoms. The van der Waals surface area contributed by atoms with E-state index in [4.69, 9.17) is 0 Å². The van der Waals surface area contributed by atoms with Crippen LogP contribution in [0.5, 0.6) is 0 Å². The van der Waals surface area contributed by atoms with Crippen molar-refractivity contribution in [3.8, 4) is 11.1 Å². The van der Waals surface area contributed by atoms with Gasteiger partial charge >= 0.3 is 0 Å². The highest BCUT2D eigenvalue weighted by Gasteiger charge is 2.37. The standard InChI is InChI=1S/C21H28Si/c1-2-3-4-5-6-11-16-21(22)19-14-9-7-12-17(19)18-13-8-10-15-20(18)21/h7-10,12-15H,2-6,11,16H2,1,22H3. The Balaban J connectivity index is 1.77. The van der Waals surface area contributed by atoms with E-state index in [0.717, 1.165) is 0 Å². The number of rotatable bonds is 7. The lowest BCUT2D eigenvalue weighted by atomic mass is 9.89. The summed E-state index contributed by atoms with van der Waals surface area (Å²) in [6.07, 6.45) is 9.67. The molecule has 0 radical (unpaired) electrons. The molecule has 2 aromatic carbocycles. The van der Waals surface area contributed by atoms with Gasteiger partial charge in [-0.25, -0.2) is 0 Å². The van der Waals surface area contributed by atoms with Gasteiger partial charge in [0.25, 0.3) is 0 Å². The molecule has 0 heterocycles. The van der Waals surface area contributed by atoms with Crippen LogP contribution in [0.1, 0.15) is 63.0 Å². The van der Waals surface area contributed by atoms with Crippen LogP contribution in [0.2, 0.25) is 0 Å². The normalized spacial score (nSPS) is 14.8. The van der Waals surface area contributed by atoms with Crippen molar-refractivity contribution in [3.63, 3.8) is 0 Å². The van der Waals surface area contributed by atoms with Crippen molar-refractivity contribution in [3.05, 3.63) is 59.7 Å². The summed E-state index contributed by atoms with van der Waals surface area (Å²) in [6.45, 7) is 2.29. The van der Waals surface area contributed by atoms with E-state index in [9.17, 15) is 0 Å². The maximum atomic E-state index is 2.37. The molecule has 0 bridgehead atoms. The van der Waals surface area contributed by atoms with Gasteiger partial charge in [0.05, 0.1) is 0 Å². The summed E-state index contributed by atoms with van der Waals surface area (Å²) in [4.78, 5) is 0. The fourth-order valence-electron chi connectivity index (χ4n) is 4.07. The number of benzene rings is 2. The van der Waals surface area contributed by atoms with Gasteiger partial charge in [-0.05, 0) is 28.7 Å². The van der Waals surface area contributed by atoms with Crippen LogP contribution < -0.4 is 0 Å². The highest BCUT2D eigenvalue weighted by atomic mass is 28.1. The van der Waals surface area contributed by atoms with Gasteiger partial charge in [-0.2, -0.15) is 0 Å². The Morgan fingerprint density at radius 1 is 0.727 bits per heavy atom. The SMILES string of the molecule is CCCCCCCCC1([SiH3])c2ccccc2-c2ccccc21. The largest absolute Gasteiger partial charge is 0.0654 e. The molecule has 116 valence electrons. The van der Waals surface area contributed by atoms with Crippen molar-refractivity contribution in [2.75, 3.05) is 0 Å². The number of fused-ring (bicyclic) bond motifs is 3. The van der Waals surface area contributed by atoms with Crippen LogP contribution in [-0.2, 0) is 5.04 Å². The third-order valence-electron chi connectivity index (χ3n) is 5.36. The quantitative estimate of drug-likeness (QED) is 0.497. The number of hydrogen-bond donors (Lipinski definition) is 0. The zero-order valence-corrected chi connectivity index (χ0v) is 16.1. The molecule has 0 saturated carbocycles. The van der Waals surface area contributed by atoms with E-state index in [1.165, 1.54) is 66.3 Å². The maximum Gasteiger partial charge on any atom is 0.0218 e. The zero-order chi connectivity index (χ0) is 15.4. The first-order chi connectivity index (χ1) is 10.8. The Hall–Kier alpha value is -1.34. The second kappa shape index (κ2) is 6.83. The van der Waals surface area contributed by atoms with Crippen LogP contribution in [0.15, 0.2) is 48.5 Å². The fraction of sp³-hybridized carbons (Fsp3) is 0.429. The van der Waals surface area contributed by atoms with Gasteiger partial charge in [0.1, 0.15) is 0 Å². The molecule has 2 aromatic rings.